The molecule has 0 unspecified atom stereocenters. The predicted molar refractivity (Wildman–Crippen MR) is 95.4 cm³/mol. The van der Waals surface area contributed by atoms with Crippen molar-refractivity contribution in [3.8, 4) is 0 Å². The van der Waals surface area contributed by atoms with Gasteiger partial charge >= 0.3 is 0 Å². The highest BCUT2D eigenvalue weighted by molar-refractivity contribution is 5.94. The summed E-state index contributed by atoms with van der Waals surface area (Å²) in [5.41, 5.74) is 8.34. The standard InChI is InChI=1S/C19H24N4O2/c1-2-4-13-6-8-14(9-7-13)19(25)23-10-3-5-15(12-23)16-11-17(18(20)24)22-21-16/h6-9,11,15H,2-5,10,12H2,1H3,(H2,20,24)(H,21,22)/t15-/m0/s1. The lowest BCUT2D eigenvalue weighted by molar-refractivity contribution is 0.0705. The number of primary amides is 1. The molecule has 1 aromatic heterocycles. The van der Waals surface area contributed by atoms with Crippen molar-refractivity contribution in [3.63, 3.8) is 0 Å². The summed E-state index contributed by atoms with van der Waals surface area (Å²) in [5, 5.41) is 6.83. The largest absolute Gasteiger partial charge is 0.364 e. The van der Waals surface area contributed by atoms with Crippen LogP contribution in [0.3, 0.4) is 0 Å². The van der Waals surface area contributed by atoms with Crippen molar-refractivity contribution in [2.24, 2.45) is 5.73 Å². The summed E-state index contributed by atoms with van der Waals surface area (Å²) in [6.45, 7) is 3.52. The van der Waals surface area contributed by atoms with Crippen LogP contribution in [0.15, 0.2) is 30.3 Å². The lowest BCUT2D eigenvalue weighted by Gasteiger charge is -2.32. The number of nitrogens with zero attached hydrogens (tertiary/aromatic N) is 2. The van der Waals surface area contributed by atoms with Crippen molar-refractivity contribution in [1.82, 2.24) is 15.1 Å². The van der Waals surface area contributed by atoms with Crippen LogP contribution in [0.4, 0.5) is 0 Å². The Labute approximate surface area is 147 Å². The number of amides is 2. The summed E-state index contributed by atoms with van der Waals surface area (Å²) in [5.74, 6) is -0.335. The van der Waals surface area contributed by atoms with Crippen molar-refractivity contribution >= 4 is 11.8 Å². The topological polar surface area (TPSA) is 92.1 Å². The molecule has 132 valence electrons. The molecular formula is C19H24N4O2. The Balaban J connectivity index is 1.69. The molecule has 1 fully saturated rings. The lowest BCUT2D eigenvalue weighted by atomic mass is 9.94. The van der Waals surface area contributed by atoms with Gasteiger partial charge in [0.05, 0.1) is 0 Å². The van der Waals surface area contributed by atoms with Gasteiger partial charge in [-0.25, -0.2) is 0 Å². The molecule has 6 heteroatoms. The van der Waals surface area contributed by atoms with Gasteiger partial charge in [-0.05, 0) is 43.0 Å². The molecule has 0 aliphatic carbocycles. The molecule has 2 heterocycles. The number of H-pyrrole nitrogens is 1. The van der Waals surface area contributed by atoms with Crippen molar-refractivity contribution in [1.29, 1.82) is 0 Å². The Kier molecular flexibility index (Phi) is 5.16. The quantitative estimate of drug-likeness (QED) is 0.876. The molecule has 0 saturated carbocycles. The highest BCUT2D eigenvalue weighted by Gasteiger charge is 2.27. The normalized spacial score (nSPS) is 17.5. The molecule has 3 rings (SSSR count). The molecule has 0 spiro atoms. The van der Waals surface area contributed by atoms with Crippen LogP contribution in [0.2, 0.25) is 0 Å². The molecule has 6 nitrogen and oxygen atoms in total. The summed E-state index contributed by atoms with van der Waals surface area (Å²) < 4.78 is 0. The molecule has 0 radical (unpaired) electrons. The Hall–Kier alpha value is -2.63. The van der Waals surface area contributed by atoms with E-state index in [1.165, 1.54) is 5.56 Å². The third kappa shape index (κ3) is 3.90. The molecular weight excluding hydrogens is 316 g/mol. The number of rotatable bonds is 5. The second kappa shape index (κ2) is 7.51. The first-order chi connectivity index (χ1) is 12.1. The van der Waals surface area contributed by atoms with E-state index < -0.39 is 5.91 Å². The van der Waals surface area contributed by atoms with E-state index in [0.717, 1.165) is 43.5 Å². The van der Waals surface area contributed by atoms with Crippen LogP contribution in [0.25, 0.3) is 0 Å². The minimum atomic E-state index is -0.543. The molecule has 1 aromatic carbocycles. The number of nitrogens with two attached hydrogens (primary N) is 1. The second-order valence-corrected chi connectivity index (χ2v) is 6.61. The van der Waals surface area contributed by atoms with E-state index in [1.54, 1.807) is 6.07 Å². The number of aromatic amines is 1. The fourth-order valence-electron chi connectivity index (χ4n) is 3.37. The number of nitrogens with one attached hydrogen (secondary N) is 1. The maximum Gasteiger partial charge on any atom is 0.269 e. The van der Waals surface area contributed by atoms with E-state index in [4.69, 9.17) is 5.73 Å². The molecule has 1 aliphatic heterocycles. The highest BCUT2D eigenvalue weighted by Crippen LogP contribution is 2.27. The molecule has 2 amide bonds. The van der Waals surface area contributed by atoms with Crippen LogP contribution in [0.1, 0.15) is 64.2 Å². The number of aromatic nitrogens is 2. The smallest absolute Gasteiger partial charge is 0.269 e. The van der Waals surface area contributed by atoms with Gasteiger partial charge in [0.1, 0.15) is 5.69 Å². The van der Waals surface area contributed by atoms with Gasteiger partial charge in [-0.1, -0.05) is 25.5 Å². The molecule has 25 heavy (non-hydrogen) atoms. The van der Waals surface area contributed by atoms with Gasteiger partial charge in [0, 0.05) is 30.3 Å². The number of benzene rings is 1. The van der Waals surface area contributed by atoms with Crippen molar-refractivity contribution < 1.29 is 9.59 Å². The number of hydrogen-bond acceptors (Lipinski definition) is 3. The molecule has 2 aromatic rings. The Morgan fingerprint density at radius 2 is 2.08 bits per heavy atom. The fourth-order valence-corrected chi connectivity index (χ4v) is 3.37. The van der Waals surface area contributed by atoms with E-state index in [2.05, 4.69) is 17.1 Å². The predicted octanol–water partition coefficient (Wildman–Crippen LogP) is 2.48. The first kappa shape index (κ1) is 17.2. The van der Waals surface area contributed by atoms with E-state index >= 15 is 0 Å². The van der Waals surface area contributed by atoms with E-state index in [-0.39, 0.29) is 17.5 Å². The Bertz CT molecular complexity index is 751. The van der Waals surface area contributed by atoms with Crippen LogP contribution >= 0.6 is 0 Å². The van der Waals surface area contributed by atoms with Gasteiger partial charge in [0.2, 0.25) is 0 Å². The summed E-state index contributed by atoms with van der Waals surface area (Å²) in [4.78, 5) is 25.9. The van der Waals surface area contributed by atoms with Gasteiger partial charge in [-0.3, -0.25) is 14.7 Å². The Morgan fingerprint density at radius 1 is 1.32 bits per heavy atom. The highest BCUT2D eigenvalue weighted by atomic mass is 16.2. The maximum atomic E-state index is 12.8. The van der Waals surface area contributed by atoms with Crippen LogP contribution in [-0.4, -0.2) is 40.0 Å². The SMILES string of the molecule is CCCc1ccc(C(=O)N2CCC[C@H](c3cc(C(N)=O)n[nH]3)C2)cc1. The van der Waals surface area contributed by atoms with Crippen LogP contribution < -0.4 is 5.73 Å². The zero-order chi connectivity index (χ0) is 17.8. The number of hydrogen-bond donors (Lipinski definition) is 2. The zero-order valence-corrected chi connectivity index (χ0v) is 14.5. The average molecular weight is 340 g/mol. The molecule has 0 bridgehead atoms. The third-order valence-corrected chi connectivity index (χ3v) is 4.74. The van der Waals surface area contributed by atoms with Gasteiger partial charge in [0.25, 0.3) is 11.8 Å². The number of carbonyl (C=O) groups is 2. The van der Waals surface area contributed by atoms with E-state index in [1.807, 2.05) is 29.2 Å². The molecule has 1 saturated heterocycles. The van der Waals surface area contributed by atoms with Gasteiger partial charge in [-0.2, -0.15) is 5.10 Å². The number of piperidine rings is 1. The van der Waals surface area contributed by atoms with Gasteiger partial charge in [-0.15, -0.1) is 0 Å². The average Bonchev–Trinajstić information content (AvgIpc) is 3.13. The van der Waals surface area contributed by atoms with Gasteiger partial charge < -0.3 is 10.6 Å². The van der Waals surface area contributed by atoms with E-state index in [9.17, 15) is 9.59 Å². The maximum absolute atomic E-state index is 12.8. The van der Waals surface area contributed by atoms with Crippen LogP contribution in [0.5, 0.6) is 0 Å². The summed E-state index contributed by atoms with van der Waals surface area (Å²) >= 11 is 0. The molecule has 1 aliphatic rings. The number of carbonyl (C=O) groups excluding carboxylic acids is 2. The molecule has 1 atom stereocenters. The minimum Gasteiger partial charge on any atom is -0.364 e. The summed E-state index contributed by atoms with van der Waals surface area (Å²) in [6.07, 6.45) is 4.01. The number of aryl methyl sites for hydroxylation is 1. The van der Waals surface area contributed by atoms with Crippen molar-refractivity contribution in [2.75, 3.05) is 13.1 Å². The first-order valence-corrected chi connectivity index (χ1v) is 8.81. The number of likely N-dealkylation sites (tertiary alicyclic amines) is 1. The lowest BCUT2D eigenvalue weighted by Crippen LogP contribution is -2.39. The van der Waals surface area contributed by atoms with Crippen LogP contribution in [-0.2, 0) is 6.42 Å². The monoisotopic (exact) mass is 340 g/mol. The molecule has 3 N–H and O–H groups in total. The zero-order valence-electron chi connectivity index (χ0n) is 14.5. The Morgan fingerprint density at radius 3 is 2.72 bits per heavy atom. The second-order valence-electron chi connectivity index (χ2n) is 6.61. The first-order valence-electron chi connectivity index (χ1n) is 8.81. The summed E-state index contributed by atoms with van der Waals surface area (Å²) in [6, 6.07) is 9.59. The fraction of sp³-hybridized carbons (Fsp3) is 0.421. The van der Waals surface area contributed by atoms with Gasteiger partial charge in [0.15, 0.2) is 0 Å². The summed E-state index contributed by atoms with van der Waals surface area (Å²) in [7, 11) is 0. The van der Waals surface area contributed by atoms with Crippen LogP contribution in [0, 0.1) is 0 Å². The van der Waals surface area contributed by atoms with E-state index in [0.29, 0.717) is 6.54 Å². The van der Waals surface area contributed by atoms with Crippen molar-refractivity contribution in [3.05, 3.63) is 52.8 Å². The minimum absolute atomic E-state index is 0.0578. The third-order valence-electron chi connectivity index (χ3n) is 4.74. The van der Waals surface area contributed by atoms with Crippen molar-refractivity contribution in [2.45, 2.75) is 38.5 Å².